The third kappa shape index (κ3) is 4.45. The third-order valence-corrected chi connectivity index (χ3v) is 7.08. The van der Waals surface area contributed by atoms with Gasteiger partial charge in [-0.05, 0) is 19.4 Å². The predicted molar refractivity (Wildman–Crippen MR) is 139 cm³/mol. The molecule has 5 heterocycles. The number of nitrogens with two attached hydrogens (primary N) is 1. The number of hydrogen-bond donors (Lipinski definition) is 2. The molecule has 0 aromatic carbocycles. The lowest BCUT2D eigenvalue weighted by Crippen LogP contribution is -2.56. The van der Waals surface area contributed by atoms with Crippen molar-refractivity contribution in [1.29, 1.82) is 0 Å². The topological polar surface area (TPSA) is 110 Å². The van der Waals surface area contributed by atoms with Crippen molar-refractivity contribution in [2.45, 2.75) is 25.4 Å². The molecule has 2 fully saturated rings. The number of imidazole rings is 1. The monoisotopic (exact) mass is 485 g/mol. The van der Waals surface area contributed by atoms with Crippen LogP contribution in [0.3, 0.4) is 0 Å². The van der Waals surface area contributed by atoms with Crippen LogP contribution in [0.5, 0.6) is 0 Å². The third-order valence-electron chi connectivity index (χ3n) is 7.08. The van der Waals surface area contributed by atoms with Crippen LogP contribution in [0, 0.1) is 6.92 Å². The standard InChI is InChI=1S/C26H31N9O/c1-18-24(22-14-28-15-23(27)31-22)32-25(26-29-8-9-35(18)26)30-19-4-2-3-5-20(7-6-19)33-10-12-34(13-11-33)21-16-36-17-21/h2,4-9,14-15,19,21H,3,10-13,16-17H2,1H3,(H2,27,31)(H,30,32)/b4-2-,7-6?,20-5+. The highest BCUT2D eigenvalue weighted by molar-refractivity contribution is 5.71. The summed E-state index contributed by atoms with van der Waals surface area (Å²) in [5.41, 5.74) is 10.2. The van der Waals surface area contributed by atoms with Crippen LogP contribution in [0.2, 0.25) is 0 Å². The molecule has 1 atom stereocenters. The van der Waals surface area contributed by atoms with Crippen LogP contribution in [0.4, 0.5) is 11.6 Å². The van der Waals surface area contributed by atoms with Crippen LogP contribution >= 0.6 is 0 Å². The summed E-state index contributed by atoms with van der Waals surface area (Å²) in [7, 11) is 0. The summed E-state index contributed by atoms with van der Waals surface area (Å²) in [6.07, 6.45) is 18.9. The maximum absolute atomic E-state index is 5.89. The van der Waals surface area contributed by atoms with Gasteiger partial charge in [0.2, 0.25) is 0 Å². The van der Waals surface area contributed by atoms with Crippen molar-refractivity contribution in [3.63, 3.8) is 0 Å². The van der Waals surface area contributed by atoms with Gasteiger partial charge in [-0.2, -0.15) is 0 Å². The molecule has 36 heavy (non-hydrogen) atoms. The van der Waals surface area contributed by atoms with Gasteiger partial charge >= 0.3 is 0 Å². The smallest absolute Gasteiger partial charge is 0.180 e. The lowest BCUT2D eigenvalue weighted by atomic mass is 10.1. The van der Waals surface area contributed by atoms with Gasteiger partial charge in [-0.15, -0.1) is 0 Å². The van der Waals surface area contributed by atoms with Crippen molar-refractivity contribution in [2.24, 2.45) is 0 Å². The van der Waals surface area contributed by atoms with Gasteiger partial charge in [0, 0.05) is 50.0 Å². The zero-order chi connectivity index (χ0) is 24.5. The van der Waals surface area contributed by atoms with Crippen molar-refractivity contribution in [1.82, 2.24) is 34.1 Å². The van der Waals surface area contributed by atoms with Crippen molar-refractivity contribution in [2.75, 3.05) is 50.4 Å². The van der Waals surface area contributed by atoms with Gasteiger partial charge in [0.15, 0.2) is 11.5 Å². The molecule has 0 amide bonds. The molecule has 10 nitrogen and oxygen atoms in total. The molecule has 0 saturated carbocycles. The minimum atomic E-state index is -0.0300. The van der Waals surface area contributed by atoms with Gasteiger partial charge in [0.25, 0.3) is 0 Å². The first kappa shape index (κ1) is 22.7. The summed E-state index contributed by atoms with van der Waals surface area (Å²) in [5.74, 6) is 1.05. The van der Waals surface area contributed by atoms with E-state index in [1.54, 1.807) is 12.4 Å². The Balaban J connectivity index is 1.22. The van der Waals surface area contributed by atoms with E-state index in [4.69, 9.17) is 15.5 Å². The Morgan fingerprint density at radius 2 is 1.94 bits per heavy atom. The zero-order valence-electron chi connectivity index (χ0n) is 20.4. The molecule has 3 aliphatic rings. The van der Waals surface area contributed by atoms with E-state index in [9.17, 15) is 0 Å². The second-order valence-corrected chi connectivity index (χ2v) is 9.38. The SMILES string of the molecule is Cc1c(-c2cncc(N)n2)nc(NC2C=C/C(N3CCN(C4COC4)CC3)=C\C/C=C\2)c2nccn12. The molecule has 3 aromatic rings. The van der Waals surface area contributed by atoms with E-state index in [0.717, 1.165) is 62.8 Å². The summed E-state index contributed by atoms with van der Waals surface area (Å²) in [5, 5.41) is 3.58. The number of aryl methyl sites for hydroxylation is 1. The fraction of sp³-hybridized carbons (Fsp3) is 0.385. The van der Waals surface area contributed by atoms with Crippen molar-refractivity contribution < 1.29 is 4.74 Å². The molecule has 2 saturated heterocycles. The maximum atomic E-state index is 5.89. The number of nitrogens with one attached hydrogen (secondary N) is 1. The number of piperazine rings is 1. The molecule has 3 N–H and O–H groups in total. The van der Waals surface area contributed by atoms with Crippen LogP contribution in [0.15, 0.2) is 60.9 Å². The van der Waals surface area contributed by atoms with Gasteiger partial charge in [-0.1, -0.05) is 24.3 Å². The zero-order valence-corrected chi connectivity index (χ0v) is 20.4. The quantitative estimate of drug-likeness (QED) is 0.526. The molecule has 3 aromatic heterocycles. The van der Waals surface area contributed by atoms with E-state index in [1.165, 1.54) is 11.9 Å². The maximum Gasteiger partial charge on any atom is 0.180 e. The Bertz CT molecular complexity index is 1330. The molecule has 6 rings (SSSR count). The average molecular weight is 486 g/mol. The predicted octanol–water partition coefficient (Wildman–Crippen LogP) is 2.27. The molecule has 10 heteroatoms. The molecule has 0 bridgehead atoms. The molecule has 0 radical (unpaired) electrons. The first-order valence-corrected chi connectivity index (χ1v) is 12.5. The summed E-state index contributed by atoms with van der Waals surface area (Å²) < 4.78 is 7.39. The van der Waals surface area contributed by atoms with E-state index < -0.39 is 0 Å². The molecule has 1 unspecified atom stereocenters. The van der Waals surface area contributed by atoms with E-state index in [0.29, 0.717) is 23.4 Å². The Morgan fingerprint density at radius 1 is 1.08 bits per heavy atom. The Kier molecular flexibility index (Phi) is 6.12. The van der Waals surface area contributed by atoms with E-state index in [-0.39, 0.29) is 6.04 Å². The van der Waals surface area contributed by atoms with Gasteiger partial charge < -0.3 is 20.7 Å². The highest BCUT2D eigenvalue weighted by atomic mass is 16.5. The number of hydrogen-bond acceptors (Lipinski definition) is 9. The first-order valence-electron chi connectivity index (χ1n) is 12.5. The lowest BCUT2D eigenvalue weighted by Gasteiger charge is -2.43. The second kappa shape index (κ2) is 9.71. The molecule has 186 valence electrons. The number of nitrogens with zero attached hydrogens (tertiary/aromatic N) is 7. The minimum Gasteiger partial charge on any atom is -0.382 e. The highest BCUT2D eigenvalue weighted by Gasteiger charge is 2.29. The van der Waals surface area contributed by atoms with Crippen LogP contribution in [0.25, 0.3) is 17.0 Å². The molecular formula is C26H31N9O. The fourth-order valence-electron chi connectivity index (χ4n) is 4.96. The number of anilines is 2. The summed E-state index contributed by atoms with van der Waals surface area (Å²) >= 11 is 0. The number of nitrogen functional groups attached to an aromatic ring is 1. The van der Waals surface area contributed by atoms with Gasteiger partial charge in [0.05, 0.1) is 37.7 Å². The molecule has 2 aliphatic heterocycles. The lowest BCUT2D eigenvalue weighted by molar-refractivity contribution is -0.0745. The van der Waals surface area contributed by atoms with Gasteiger partial charge in [0.1, 0.15) is 17.2 Å². The van der Waals surface area contributed by atoms with Crippen molar-refractivity contribution >= 4 is 17.3 Å². The Labute approximate surface area is 210 Å². The van der Waals surface area contributed by atoms with Gasteiger partial charge in [-0.3, -0.25) is 14.3 Å². The second-order valence-electron chi connectivity index (χ2n) is 9.38. The van der Waals surface area contributed by atoms with E-state index >= 15 is 0 Å². The van der Waals surface area contributed by atoms with Crippen LogP contribution in [-0.2, 0) is 4.74 Å². The molecule has 1 aliphatic carbocycles. The van der Waals surface area contributed by atoms with Crippen molar-refractivity contribution in [3.05, 3.63) is 66.6 Å². The van der Waals surface area contributed by atoms with E-state index in [1.807, 2.05) is 17.5 Å². The normalized spacial score (nSPS) is 23.5. The number of ether oxygens (including phenoxy) is 1. The van der Waals surface area contributed by atoms with Gasteiger partial charge in [-0.25, -0.2) is 15.0 Å². The number of aromatic nitrogens is 5. The number of fused-ring (bicyclic) bond motifs is 1. The average Bonchev–Trinajstić information content (AvgIpc) is 3.33. The highest BCUT2D eigenvalue weighted by Crippen LogP contribution is 2.26. The Morgan fingerprint density at radius 3 is 2.72 bits per heavy atom. The van der Waals surface area contributed by atoms with Crippen LogP contribution in [-0.4, -0.2) is 85.6 Å². The summed E-state index contributed by atoms with van der Waals surface area (Å²) in [6.45, 7) is 7.98. The number of allylic oxidation sites excluding steroid dienone is 3. The van der Waals surface area contributed by atoms with Crippen LogP contribution in [0.1, 0.15) is 12.1 Å². The minimum absolute atomic E-state index is 0.0300. The largest absolute Gasteiger partial charge is 0.382 e. The first-order chi connectivity index (χ1) is 17.7. The van der Waals surface area contributed by atoms with E-state index in [2.05, 4.69) is 60.4 Å². The van der Waals surface area contributed by atoms with Crippen LogP contribution < -0.4 is 11.1 Å². The summed E-state index contributed by atoms with van der Waals surface area (Å²) in [6, 6.07) is 0.577. The Hall–Kier alpha value is -3.76. The number of rotatable bonds is 5. The summed E-state index contributed by atoms with van der Waals surface area (Å²) in [4.78, 5) is 23.1. The van der Waals surface area contributed by atoms with Crippen molar-refractivity contribution in [3.8, 4) is 11.4 Å². The molecule has 0 spiro atoms. The molecular weight excluding hydrogens is 454 g/mol. The fourth-order valence-corrected chi connectivity index (χ4v) is 4.96.